The van der Waals surface area contributed by atoms with Crippen molar-refractivity contribution in [2.75, 3.05) is 30.9 Å². The Kier molecular flexibility index (Phi) is 6.39. The average molecular weight is 362 g/mol. The summed E-state index contributed by atoms with van der Waals surface area (Å²) < 4.78 is 5.11. The quantitative estimate of drug-likeness (QED) is 0.555. The smallest absolute Gasteiger partial charge is 0.163 e. The van der Waals surface area contributed by atoms with Gasteiger partial charge in [-0.2, -0.15) is 0 Å². The third-order valence-electron chi connectivity index (χ3n) is 4.46. The molecule has 0 aliphatic heterocycles. The number of hydrogen-bond acceptors (Lipinski definition) is 5. The first-order valence-corrected chi connectivity index (χ1v) is 9.18. The van der Waals surface area contributed by atoms with Crippen LogP contribution in [0.1, 0.15) is 17.5 Å². The lowest BCUT2D eigenvalue weighted by atomic mass is 10.1. The van der Waals surface area contributed by atoms with E-state index in [4.69, 9.17) is 9.72 Å². The first-order chi connectivity index (χ1) is 13.2. The van der Waals surface area contributed by atoms with E-state index in [-0.39, 0.29) is 0 Å². The topological polar surface area (TPSA) is 59.1 Å². The van der Waals surface area contributed by atoms with E-state index >= 15 is 0 Å². The molecule has 5 nitrogen and oxygen atoms in total. The predicted molar refractivity (Wildman–Crippen MR) is 112 cm³/mol. The number of ether oxygens (including phenoxy) is 1. The summed E-state index contributed by atoms with van der Waals surface area (Å²) in [5.41, 5.74) is 4.50. The lowest BCUT2D eigenvalue weighted by molar-refractivity contribution is 0.198. The van der Waals surface area contributed by atoms with Crippen LogP contribution < -0.4 is 10.6 Å². The Morgan fingerprint density at radius 3 is 2.48 bits per heavy atom. The number of methoxy groups -OCH3 is 1. The number of hydrogen-bond donors (Lipinski definition) is 2. The molecule has 2 N–H and O–H groups in total. The molecule has 0 spiro atoms. The highest BCUT2D eigenvalue weighted by atomic mass is 16.5. The van der Waals surface area contributed by atoms with Crippen molar-refractivity contribution >= 4 is 17.3 Å². The second-order valence-electron chi connectivity index (χ2n) is 6.47. The molecule has 2 aromatic carbocycles. The maximum Gasteiger partial charge on any atom is 0.163 e. The fourth-order valence-electron chi connectivity index (χ4n) is 2.78. The van der Waals surface area contributed by atoms with Crippen molar-refractivity contribution < 1.29 is 4.74 Å². The van der Waals surface area contributed by atoms with E-state index < -0.39 is 0 Å². The summed E-state index contributed by atoms with van der Waals surface area (Å²) in [6.45, 7) is 5.73. The zero-order valence-electron chi connectivity index (χ0n) is 16.1. The largest absolute Gasteiger partial charge is 0.385 e. The molecule has 0 bridgehead atoms. The van der Waals surface area contributed by atoms with Crippen LogP contribution in [0.25, 0.3) is 11.4 Å². The average Bonchev–Trinajstić information content (AvgIpc) is 2.69. The molecule has 5 heteroatoms. The molecule has 0 saturated heterocycles. The maximum absolute atomic E-state index is 5.11. The van der Waals surface area contributed by atoms with Gasteiger partial charge in [0.15, 0.2) is 5.82 Å². The molecule has 3 aromatic rings. The van der Waals surface area contributed by atoms with E-state index in [1.165, 1.54) is 11.1 Å². The normalized spacial score (nSPS) is 10.6. The van der Waals surface area contributed by atoms with Crippen LogP contribution in [0.3, 0.4) is 0 Å². The number of nitrogens with one attached hydrogen (secondary N) is 2. The Morgan fingerprint density at radius 1 is 0.926 bits per heavy atom. The first kappa shape index (κ1) is 18.9. The van der Waals surface area contributed by atoms with E-state index in [2.05, 4.69) is 41.6 Å². The Balaban J connectivity index is 1.90. The fourth-order valence-corrected chi connectivity index (χ4v) is 2.78. The number of nitrogens with zero attached hydrogens (tertiary/aromatic N) is 2. The van der Waals surface area contributed by atoms with Crippen molar-refractivity contribution in [2.45, 2.75) is 20.3 Å². The zero-order valence-corrected chi connectivity index (χ0v) is 16.1. The molecule has 1 aromatic heterocycles. The Labute approximate surface area is 160 Å². The molecule has 0 aliphatic carbocycles. The first-order valence-electron chi connectivity index (χ1n) is 9.18. The van der Waals surface area contributed by atoms with Crippen molar-refractivity contribution in [1.29, 1.82) is 0 Å². The van der Waals surface area contributed by atoms with Gasteiger partial charge in [-0.25, -0.2) is 9.97 Å². The van der Waals surface area contributed by atoms with Gasteiger partial charge in [-0.3, -0.25) is 0 Å². The fraction of sp³-hybridized carbons (Fsp3) is 0.273. The van der Waals surface area contributed by atoms with E-state index in [9.17, 15) is 0 Å². The maximum atomic E-state index is 5.11. The minimum absolute atomic E-state index is 0.695. The molecule has 140 valence electrons. The van der Waals surface area contributed by atoms with Gasteiger partial charge in [-0.05, 0) is 37.5 Å². The van der Waals surface area contributed by atoms with Gasteiger partial charge in [0.1, 0.15) is 11.6 Å². The van der Waals surface area contributed by atoms with Crippen LogP contribution in [0.5, 0.6) is 0 Å². The summed E-state index contributed by atoms with van der Waals surface area (Å²) >= 11 is 0. The highest BCUT2D eigenvalue weighted by Crippen LogP contribution is 2.25. The van der Waals surface area contributed by atoms with E-state index in [1.54, 1.807) is 7.11 Å². The monoisotopic (exact) mass is 362 g/mol. The van der Waals surface area contributed by atoms with Gasteiger partial charge in [0.2, 0.25) is 0 Å². The van der Waals surface area contributed by atoms with Gasteiger partial charge >= 0.3 is 0 Å². The molecular formula is C22H26N4O. The molecule has 0 saturated carbocycles. The van der Waals surface area contributed by atoms with Crippen molar-refractivity contribution in [2.24, 2.45) is 0 Å². The molecular weight excluding hydrogens is 336 g/mol. The zero-order chi connectivity index (χ0) is 19.1. The van der Waals surface area contributed by atoms with Crippen molar-refractivity contribution in [1.82, 2.24) is 9.97 Å². The lowest BCUT2D eigenvalue weighted by Crippen LogP contribution is -2.08. The van der Waals surface area contributed by atoms with Gasteiger partial charge in [0.05, 0.1) is 0 Å². The number of aromatic nitrogens is 2. The minimum Gasteiger partial charge on any atom is -0.385 e. The van der Waals surface area contributed by atoms with Crippen LogP contribution in [-0.4, -0.2) is 30.2 Å². The molecule has 0 unspecified atom stereocenters. The summed E-state index contributed by atoms with van der Waals surface area (Å²) in [6, 6.07) is 18.2. The SMILES string of the molecule is COCCCNc1cc(Nc2cccc(C)c2C)nc(-c2ccccc2)n1. The van der Waals surface area contributed by atoms with E-state index in [0.717, 1.165) is 42.5 Å². The molecule has 0 amide bonds. The Morgan fingerprint density at radius 2 is 1.70 bits per heavy atom. The van der Waals surface area contributed by atoms with Crippen LogP contribution in [0.15, 0.2) is 54.6 Å². The molecule has 0 atom stereocenters. The molecule has 1 heterocycles. The third-order valence-corrected chi connectivity index (χ3v) is 4.46. The van der Waals surface area contributed by atoms with Crippen molar-refractivity contribution in [3.63, 3.8) is 0 Å². The number of aryl methyl sites for hydroxylation is 1. The van der Waals surface area contributed by atoms with E-state index in [1.807, 2.05) is 42.5 Å². The van der Waals surface area contributed by atoms with Gasteiger partial charge in [0, 0.05) is 37.6 Å². The van der Waals surface area contributed by atoms with Crippen LogP contribution >= 0.6 is 0 Å². The summed E-state index contributed by atoms with van der Waals surface area (Å²) in [5, 5.41) is 6.82. The second-order valence-corrected chi connectivity index (χ2v) is 6.47. The summed E-state index contributed by atoms with van der Waals surface area (Å²) in [4.78, 5) is 9.41. The second kappa shape index (κ2) is 9.14. The summed E-state index contributed by atoms with van der Waals surface area (Å²) in [6.07, 6.45) is 0.918. The van der Waals surface area contributed by atoms with Crippen LogP contribution in [0, 0.1) is 13.8 Å². The number of rotatable bonds is 8. The minimum atomic E-state index is 0.695. The van der Waals surface area contributed by atoms with Crippen molar-refractivity contribution in [3.05, 3.63) is 65.7 Å². The molecule has 0 fully saturated rings. The number of anilines is 3. The Bertz CT molecular complexity index is 881. The molecule has 3 rings (SSSR count). The molecule has 0 aliphatic rings. The van der Waals surface area contributed by atoms with Gasteiger partial charge in [-0.1, -0.05) is 42.5 Å². The summed E-state index contributed by atoms with van der Waals surface area (Å²) in [5.74, 6) is 2.26. The number of benzene rings is 2. The van der Waals surface area contributed by atoms with E-state index in [0.29, 0.717) is 5.82 Å². The predicted octanol–water partition coefficient (Wildman–Crippen LogP) is 4.95. The van der Waals surface area contributed by atoms with Gasteiger partial charge in [0.25, 0.3) is 0 Å². The van der Waals surface area contributed by atoms with Crippen LogP contribution in [0.4, 0.5) is 17.3 Å². The van der Waals surface area contributed by atoms with Crippen LogP contribution in [-0.2, 0) is 4.74 Å². The third kappa shape index (κ3) is 5.05. The molecule has 0 radical (unpaired) electrons. The van der Waals surface area contributed by atoms with Gasteiger partial charge in [-0.15, -0.1) is 0 Å². The van der Waals surface area contributed by atoms with Crippen molar-refractivity contribution in [3.8, 4) is 11.4 Å². The van der Waals surface area contributed by atoms with Crippen LogP contribution in [0.2, 0.25) is 0 Å². The lowest BCUT2D eigenvalue weighted by Gasteiger charge is -2.14. The van der Waals surface area contributed by atoms with Gasteiger partial charge < -0.3 is 15.4 Å². The highest BCUT2D eigenvalue weighted by molar-refractivity contribution is 5.67. The highest BCUT2D eigenvalue weighted by Gasteiger charge is 2.09. The standard InChI is InChI=1S/C22H26N4O/c1-16-9-7-12-19(17(16)2)24-21-15-20(23-13-8-14-27-3)25-22(26-21)18-10-5-4-6-11-18/h4-7,9-12,15H,8,13-14H2,1-3H3,(H2,23,24,25,26). The summed E-state index contributed by atoms with van der Waals surface area (Å²) in [7, 11) is 1.71. The molecule has 27 heavy (non-hydrogen) atoms. The Hall–Kier alpha value is -2.92.